The molecule has 0 radical (unpaired) electrons. The van der Waals surface area contributed by atoms with E-state index in [1.165, 1.54) is 5.56 Å². The summed E-state index contributed by atoms with van der Waals surface area (Å²) in [6.07, 6.45) is 4.41. The fourth-order valence-electron chi connectivity index (χ4n) is 3.12. The van der Waals surface area contributed by atoms with Gasteiger partial charge >= 0.3 is 0 Å². The molecule has 26 heavy (non-hydrogen) atoms. The molecule has 138 valence electrons. The number of hydrogen-bond donors (Lipinski definition) is 1. The van der Waals surface area contributed by atoms with E-state index < -0.39 is 0 Å². The van der Waals surface area contributed by atoms with Gasteiger partial charge in [0.1, 0.15) is 0 Å². The molecular formula is C20H24N2O4. The molecule has 1 fully saturated rings. The molecular weight excluding hydrogens is 332 g/mol. The summed E-state index contributed by atoms with van der Waals surface area (Å²) in [7, 11) is 1.56. The number of carbonyl (C=O) groups excluding carboxylic acids is 1. The van der Waals surface area contributed by atoms with E-state index in [4.69, 9.17) is 14.2 Å². The maximum atomic E-state index is 12.7. The van der Waals surface area contributed by atoms with Gasteiger partial charge in [0.05, 0.1) is 33.0 Å². The standard InChI is InChI=1S/C20H24N2O4/c1-3-26-18-5-4-15(11-19(18)24-2)20(23)22-17-13-25-12-16(17)10-14-6-8-21-9-7-14/h4-9,11,16-17H,3,10,12-13H2,1-2H3,(H,22,23)/t16-,17+/m1/s1. The summed E-state index contributed by atoms with van der Waals surface area (Å²) in [5.41, 5.74) is 1.73. The van der Waals surface area contributed by atoms with Crippen molar-refractivity contribution in [1.82, 2.24) is 10.3 Å². The fourth-order valence-corrected chi connectivity index (χ4v) is 3.12. The molecule has 1 aliphatic rings. The van der Waals surface area contributed by atoms with E-state index in [2.05, 4.69) is 10.3 Å². The second-order valence-corrected chi connectivity index (χ2v) is 6.24. The van der Waals surface area contributed by atoms with Gasteiger partial charge in [-0.05, 0) is 49.2 Å². The van der Waals surface area contributed by atoms with Crippen molar-refractivity contribution < 1.29 is 19.0 Å². The molecule has 1 amide bonds. The largest absolute Gasteiger partial charge is 0.493 e. The van der Waals surface area contributed by atoms with Gasteiger partial charge in [-0.2, -0.15) is 0 Å². The van der Waals surface area contributed by atoms with Gasteiger partial charge in [0, 0.05) is 23.9 Å². The van der Waals surface area contributed by atoms with Crippen molar-refractivity contribution in [3.8, 4) is 11.5 Å². The number of hydrogen-bond acceptors (Lipinski definition) is 5. The Kier molecular flexibility index (Phi) is 6.07. The van der Waals surface area contributed by atoms with Gasteiger partial charge in [0.25, 0.3) is 5.91 Å². The van der Waals surface area contributed by atoms with E-state index in [1.807, 2.05) is 19.1 Å². The van der Waals surface area contributed by atoms with Crippen LogP contribution in [0.15, 0.2) is 42.7 Å². The second-order valence-electron chi connectivity index (χ2n) is 6.24. The first-order valence-electron chi connectivity index (χ1n) is 8.79. The Labute approximate surface area is 153 Å². The van der Waals surface area contributed by atoms with E-state index in [-0.39, 0.29) is 17.9 Å². The average Bonchev–Trinajstić information content (AvgIpc) is 3.09. The van der Waals surface area contributed by atoms with E-state index in [9.17, 15) is 4.79 Å². The van der Waals surface area contributed by atoms with E-state index in [1.54, 1.807) is 37.7 Å². The van der Waals surface area contributed by atoms with Crippen molar-refractivity contribution >= 4 is 5.91 Å². The lowest BCUT2D eigenvalue weighted by Gasteiger charge is -2.19. The lowest BCUT2D eigenvalue weighted by molar-refractivity contribution is 0.0924. The Balaban J connectivity index is 1.66. The molecule has 6 heteroatoms. The summed E-state index contributed by atoms with van der Waals surface area (Å²) >= 11 is 0. The molecule has 1 aromatic heterocycles. The molecule has 2 heterocycles. The maximum Gasteiger partial charge on any atom is 0.251 e. The van der Waals surface area contributed by atoms with Crippen molar-refractivity contribution in [2.24, 2.45) is 5.92 Å². The zero-order chi connectivity index (χ0) is 18.4. The molecule has 2 atom stereocenters. The van der Waals surface area contributed by atoms with E-state index >= 15 is 0 Å². The van der Waals surface area contributed by atoms with Gasteiger partial charge in [-0.3, -0.25) is 9.78 Å². The summed E-state index contributed by atoms with van der Waals surface area (Å²) in [4.78, 5) is 16.7. The third-order valence-corrected chi connectivity index (χ3v) is 4.49. The summed E-state index contributed by atoms with van der Waals surface area (Å²) < 4.78 is 16.4. The third-order valence-electron chi connectivity index (χ3n) is 4.49. The van der Waals surface area contributed by atoms with Gasteiger partial charge in [-0.1, -0.05) is 0 Å². The number of nitrogens with one attached hydrogen (secondary N) is 1. The zero-order valence-electron chi connectivity index (χ0n) is 15.1. The van der Waals surface area contributed by atoms with Crippen molar-refractivity contribution in [3.63, 3.8) is 0 Å². The summed E-state index contributed by atoms with van der Waals surface area (Å²) in [5.74, 6) is 1.29. The number of amides is 1. The van der Waals surface area contributed by atoms with E-state index in [0.717, 1.165) is 6.42 Å². The molecule has 0 saturated carbocycles. The third kappa shape index (κ3) is 4.32. The first kappa shape index (κ1) is 18.2. The predicted octanol–water partition coefficient (Wildman–Crippen LogP) is 2.48. The Morgan fingerprint density at radius 1 is 1.23 bits per heavy atom. The number of rotatable bonds is 7. The molecule has 1 N–H and O–H groups in total. The quantitative estimate of drug-likeness (QED) is 0.825. The zero-order valence-corrected chi connectivity index (χ0v) is 15.1. The Hall–Kier alpha value is -2.60. The molecule has 3 rings (SSSR count). The SMILES string of the molecule is CCOc1ccc(C(=O)N[C@H]2COC[C@H]2Cc2ccncc2)cc1OC. The first-order valence-corrected chi connectivity index (χ1v) is 8.79. The average molecular weight is 356 g/mol. The fraction of sp³-hybridized carbons (Fsp3) is 0.400. The van der Waals surface area contributed by atoms with Gasteiger partial charge < -0.3 is 19.5 Å². The molecule has 0 spiro atoms. The van der Waals surface area contributed by atoms with Crippen LogP contribution in [0.2, 0.25) is 0 Å². The molecule has 1 aromatic carbocycles. The minimum atomic E-state index is -0.137. The molecule has 2 aromatic rings. The van der Waals surface area contributed by atoms with Crippen LogP contribution in [0.5, 0.6) is 11.5 Å². The van der Waals surface area contributed by atoms with Crippen LogP contribution in [0, 0.1) is 5.92 Å². The first-order chi connectivity index (χ1) is 12.7. The minimum Gasteiger partial charge on any atom is -0.493 e. The highest BCUT2D eigenvalue weighted by atomic mass is 16.5. The highest BCUT2D eigenvalue weighted by molar-refractivity contribution is 5.95. The van der Waals surface area contributed by atoms with Crippen LogP contribution in [-0.4, -0.2) is 43.9 Å². The topological polar surface area (TPSA) is 69.7 Å². The van der Waals surface area contributed by atoms with Crippen LogP contribution in [0.4, 0.5) is 0 Å². The molecule has 6 nitrogen and oxygen atoms in total. The number of benzene rings is 1. The number of carbonyl (C=O) groups is 1. The number of nitrogens with zero attached hydrogens (tertiary/aromatic N) is 1. The van der Waals surface area contributed by atoms with Crippen LogP contribution < -0.4 is 14.8 Å². The van der Waals surface area contributed by atoms with Gasteiger partial charge in [-0.25, -0.2) is 0 Å². The smallest absolute Gasteiger partial charge is 0.251 e. The van der Waals surface area contributed by atoms with Crippen molar-refractivity contribution in [1.29, 1.82) is 0 Å². The normalized spacial score (nSPS) is 19.2. The Morgan fingerprint density at radius 2 is 2.04 bits per heavy atom. The predicted molar refractivity (Wildman–Crippen MR) is 97.7 cm³/mol. The molecule has 0 unspecified atom stereocenters. The van der Waals surface area contributed by atoms with Crippen LogP contribution in [0.3, 0.4) is 0 Å². The summed E-state index contributed by atoms with van der Waals surface area (Å²) in [5, 5.41) is 3.09. The van der Waals surface area contributed by atoms with Crippen LogP contribution >= 0.6 is 0 Å². The lowest BCUT2D eigenvalue weighted by atomic mass is 9.95. The molecule has 1 aliphatic heterocycles. The van der Waals surface area contributed by atoms with E-state index in [0.29, 0.717) is 36.9 Å². The number of ether oxygens (including phenoxy) is 3. The van der Waals surface area contributed by atoms with Gasteiger partial charge in [-0.15, -0.1) is 0 Å². The highest BCUT2D eigenvalue weighted by Crippen LogP contribution is 2.28. The Bertz CT molecular complexity index is 736. The molecule has 0 bridgehead atoms. The lowest BCUT2D eigenvalue weighted by Crippen LogP contribution is -2.40. The van der Waals surface area contributed by atoms with Crippen LogP contribution in [0.1, 0.15) is 22.8 Å². The minimum absolute atomic E-state index is 0.0202. The Morgan fingerprint density at radius 3 is 2.77 bits per heavy atom. The summed E-state index contributed by atoms with van der Waals surface area (Å²) in [6.45, 7) is 3.61. The van der Waals surface area contributed by atoms with Crippen LogP contribution in [0.25, 0.3) is 0 Å². The number of methoxy groups -OCH3 is 1. The monoisotopic (exact) mass is 356 g/mol. The maximum absolute atomic E-state index is 12.7. The van der Waals surface area contributed by atoms with Crippen molar-refractivity contribution in [2.45, 2.75) is 19.4 Å². The second kappa shape index (κ2) is 8.67. The van der Waals surface area contributed by atoms with Gasteiger partial charge in [0.2, 0.25) is 0 Å². The summed E-state index contributed by atoms with van der Waals surface area (Å²) in [6, 6.07) is 9.18. The van der Waals surface area contributed by atoms with Crippen molar-refractivity contribution in [2.75, 3.05) is 26.9 Å². The van der Waals surface area contributed by atoms with Gasteiger partial charge in [0.15, 0.2) is 11.5 Å². The van der Waals surface area contributed by atoms with Crippen molar-refractivity contribution in [3.05, 3.63) is 53.9 Å². The molecule has 0 aliphatic carbocycles. The van der Waals surface area contributed by atoms with Crippen LogP contribution in [-0.2, 0) is 11.2 Å². The number of pyridine rings is 1. The molecule has 1 saturated heterocycles. The highest BCUT2D eigenvalue weighted by Gasteiger charge is 2.30. The number of aromatic nitrogens is 1.